The molecule has 1 saturated heterocycles. The quantitative estimate of drug-likeness (QED) is 0.847. The van der Waals surface area contributed by atoms with E-state index in [2.05, 4.69) is 9.88 Å². The van der Waals surface area contributed by atoms with Crippen LogP contribution in [-0.4, -0.2) is 36.3 Å². The fourth-order valence-electron chi connectivity index (χ4n) is 2.78. The highest BCUT2D eigenvalue weighted by Crippen LogP contribution is 2.34. The zero-order valence-electron chi connectivity index (χ0n) is 11.8. The largest absolute Gasteiger partial charge is 0.486 e. The van der Waals surface area contributed by atoms with Crippen LogP contribution in [0.2, 0.25) is 0 Å². The van der Waals surface area contributed by atoms with Gasteiger partial charge in [0.25, 0.3) is 0 Å². The Labute approximate surface area is 123 Å². The molecule has 0 unspecified atom stereocenters. The second-order valence-corrected chi connectivity index (χ2v) is 5.29. The van der Waals surface area contributed by atoms with Crippen molar-refractivity contribution in [1.82, 2.24) is 9.97 Å². The number of aromatic nitrogens is 2. The zero-order chi connectivity index (χ0) is 14.1. The Balaban J connectivity index is 1.68. The predicted molar refractivity (Wildman–Crippen MR) is 79.9 cm³/mol. The van der Waals surface area contributed by atoms with Crippen molar-refractivity contribution in [2.24, 2.45) is 0 Å². The van der Waals surface area contributed by atoms with E-state index in [1.165, 1.54) is 12.8 Å². The lowest BCUT2D eigenvalue weighted by molar-refractivity contribution is 0.171. The second kappa shape index (κ2) is 5.24. The van der Waals surface area contributed by atoms with E-state index in [1.54, 1.807) is 0 Å². The predicted octanol–water partition coefficient (Wildman–Crippen LogP) is 2.51. The van der Waals surface area contributed by atoms with Crippen LogP contribution in [0.1, 0.15) is 12.8 Å². The third-order valence-corrected chi connectivity index (χ3v) is 3.87. The highest BCUT2D eigenvalue weighted by atomic mass is 16.6. The topological polar surface area (TPSA) is 47.5 Å². The third-order valence-electron chi connectivity index (χ3n) is 3.87. The van der Waals surface area contributed by atoms with Crippen LogP contribution >= 0.6 is 0 Å². The molecule has 2 aliphatic heterocycles. The number of nitrogens with zero attached hydrogens (tertiary/aromatic N) is 3. The Morgan fingerprint density at radius 1 is 0.952 bits per heavy atom. The van der Waals surface area contributed by atoms with Crippen molar-refractivity contribution in [1.29, 1.82) is 0 Å². The van der Waals surface area contributed by atoms with Crippen LogP contribution in [0, 0.1) is 0 Å². The SMILES string of the molecule is c1cc(-c2ccc3c(c2)OCCO3)nc(N2CCCC2)n1. The van der Waals surface area contributed by atoms with E-state index in [4.69, 9.17) is 14.5 Å². The molecular weight excluding hydrogens is 266 g/mol. The smallest absolute Gasteiger partial charge is 0.225 e. The minimum absolute atomic E-state index is 0.596. The second-order valence-electron chi connectivity index (χ2n) is 5.29. The van der Waals surface area contributed by atoms with Crippen LogP contribution in [0.4, 0.5) is 5.95 Å². The van der Waals surface area contributed by atoms with E-state index in [0.29, 0.717) is 13.2 Å². The molecule has 1 aromatic heterocycles. The number of rotatable bonds is 2. The van der Waals surface area contributed by atoms with Gasteiger partial charge in [0, 0.05) is 24.8 Å². The maximum atomic E-state index is 5.64. The Bertz CT molecular complexity index is 654. The molecule has 0 spiro atoms. The van der Waals surface area contributed by atoms with Gasteiger partial charge in [-0.1, -0.05) is 0 Å². The van der Waals surface area contributed by atoms with Crippen molar-refractivity contribution in [2.45, 2.75) is 12.8 Å². The normalized spacial score (nSPS) is 17.0. The van der Waals surface area contributed by atoms with E-state index >= 15 is 0 Å². The summed E-state index contributed by atoms with van der Waals surface area (Å²) in [6.45, 7) is 3.30. The van der Waals surface area contributed by atoms with Gasteiger partial charge in [0.05, 0.1) is 5.69 Å². The average molecular weight is 283 g/mol. The number of ether oxygens (including phenoxy) is 2. The summed E-state index contributed by atoms with van der Waals surface area (Å²) in [4.78, 5) is 11.3. The molecular formula is C16H17N3O2. The van der Waals surface area contributed by atoms with Gasteiger partial charge in [-0.05, 0) is 37.1 Å². The van der Waals surface area contributed by atoms with Crippen molar-refractivity contribution in [2.75, 3.05) is 31.2 Å². The summed E-state index contributed by atoms with van der Waals surface area (Å²) in [5.41, 5.74) is 1.95. The fraction of sp³-hybridized carbons (Fsp3) is 0.375. The average Bonchev–Trinajstić information content (AvgIpc) is 3.09. The van der Waals surface area contributed by atoms with Crippen LogP contribution in [0.25, 0.3) is 11.3 Å². The molecule has 0 N–H and O–H groups in total. The van der Waals surface area contributed by atoms with E-state index in [0.717, 1.165) is 41.8 Å². The van der Waals surface area contributed by atoms with Gasteiger partial charge in [0.1, 0.15) is 13.2 Å². The molecule has 2 aliphatic rings. The molecule has 5 heteroatoms. The number of fused-ring (bicyclic) bond motifs is 1. The highest BCUT2D eigenvalue weighted by Gasteiger charge is 2.16. The summed E-state index contributed by atoms with van der Waals surface area (Å²) in [5, 5.41) is 0. The molecule has 0 aliphatic carbocycles. The number of benzene rings is 1. The lowest BCUT2D eigenvalue weighted by atomic mass is 10.1. The molecule has 5 nitrogen and oxygen atoms in total. The lowest BCUT2D eigenvalue weighted by Crippen LogP contribution is -2.20. The molecule has 0 bridgehead atoms. The van der Waals surface area contributed by atoms with Crippen molar-refractivity contribution < 1.29 is 9.47 Å². The first-order valence-corrected chi connectivity index (χ1v) is 7.38. The van der Waals surface area contributed by atoms with Gasteiger partial charge in [0.2, 0.25) is 5.95 Å². The maximum absolute atomic E-state index is 5.64. The van der Waals surface area contributed by atoms with Crippen LogP contribution in [0.5, 0.6) is 11.5 Å². The molecule has 3 heterocycles. The zero-order valence-corrected chi connectivity index (χ0v) is 11.8. The number of anilines is 1. The summed E-state index contributed by atoms with van der Waals surface area (Å²) in [6.07, 6.45) is 4.27. The first-order chi connectivity index (χ1) is 10.4. The van der Waals surface area contributed by atoms with Gasteiger partial charge in [-0.3, -0.25) is 0 Å². The molecule has 2 aromatic rings. The van der Waals surface area contributed by atoms with E-state index in [9.17, 15) is 0 Å². The summed E-state index contributed by atoms with van der Waals surface area (Å²) in [7, 11) is 0. The molecule has 1 aromatic carbocycles. The summed E-state index contributed by atoms with van der Waals surface area (Å²) < 4.78 is 11.2. The monoisotopic (exact) mass is 283 g/mol. The molecule has 21 heavy (non-hydrogen) atoms. The van der Waals surface area contributed by atoms with Gasteiger partial charge < -0.3 is 14.4 Å². The number of hydrogen-bond donors (Lipinski definition) is 0. The summed E-state index contributed by atoms with van der Waals surface area (Å²) >= 11 is 0. The molecule has 0 amide bonds. The lowest BCUT2D eigenvalue weighted by Gasteiger charge is -2.19. The minimum Gasteiger partial charge on any atom is -0.486 e. The van der Waals surface area contributed by atoms with E-state index in [1.807, 2.05) is 30.5 Å². The molecule has 0 saturated carbocycles. The Morgan fingerprint density at radius 3 is 2.62 bits per heavy atom. The molecule has 1 fully saturated rings. The van der Waals surface area contributed by atoms with Gasteiger partial charge in [0.15, 0.2) is 11.5 Å². The highest BCUT2D eigenvalue weighted by molar-refractivity contribution is 5.65. The fourth-order valence-corrected chi connectivity index (χ4v) is 2.78. The van der Waals surface area contributed by atoms with Crippen molar-refractivity contribution in [3.05, 3.63) is 30.5 Å². The van der Waals surface area contributed by atoms with E-state index < -0.39 is 0 Å². The molecule has 108 valence electrons. The van der Waals surface area contributed by atoms with Gasteiger partial charge in [-0.25, -0.2) is 9.97 Å². The summed E-state index contributed by atoms with van der Waals surface area (Å²) in [6, 6.07) is 7.89. The van der Waals surface area contributed by atoms with Crippen LogP contribution in [0.3, 0.4) is 0 Å². The Kier molecular flexibility index (Phi) is 3.10. The standard InChI is InChI=1S/C16H17N3O2/c1-2-8-19(7-1)16-17-6-5-13(18-16)12-3-4-14-15(11-12)21-10-9-20-14/h3-6,11H,1-2,7-10H2. The minimum atomic E-state index is 0.596. The van der Waals surface area contributed by atoms with Crippen molar-refractivity contribution >= 4 is 5.95 Å². The maximum Gasteiger partial charge on any atom is 0.225 e. The number of hydrogen-bond acceptors (Lipinski definition) is 5. The Hall–Kier alpha value is -2.30. The van der Waals surface area contributed by atoms with Gasteiger partial charge in [-0.15, -0.1) is 0 Å². The first-order valence-electron chi connectivity index (χ1n) is 7.38. The van der Waals surface area contributed by atoms with Crippen LogP contribution < -0.4 is 14.4 Å². The van der Waals surface area contributed by atoms with E-state index in [-0.39, 0.29) is 0 Å². The van der Waals surface area contributed by atoms with Crippen LogP contribution in [-0.2, 0) is 0 Å². The van der Waals surface area contributed by atoms with Crippen LogP contribution in [0.15, 0.2) is 30.5 Å². The molecule has 4 rings (SSSR count). The third kappa shape index (κ3) is 2.39. The van der Waals surface area contributed by atoms with Gasteiger partial charge in [-0.2, -0.15) is 0 Å². The first kappa shape index (κ1) is 12.4. The van der Waals surface area contributed by atoms with Gasteiger partial charge >= 0.3 is 0 Å². The molecule has 0 atom stereocenters. The molecule has 0 radical (unpaired) electrons. The summed E-state index contributed by atoms with van der Waals surface area (Å²) in [5.74, 6) is 2.42. The van der Waals surface area contributed by atoms with Crippen molar-refractivity contribution in [3.63, 3.8) is 0 Å². The Morgan fingerprint density at radius 2 is 1.76 bits per heavy atom. The van der Waals surface area contributed by atoms with Crippen molar-refractivity contribution in [3.8, 4) is 22.8 Å².